The Morgan fingerprint density at radius 3 is 2.30 bits per heavy atom. The van der Waals surface area contributed by atoms with E-state index in [0.29, 0.717) is 6.92 Å². The van der Waals surface area contributed by atoms with Crippen LogP contribution in [0.5, 0.6) is 0 Å². The summed E-state index contributed by atoms with van der Waals surface area (Å²) in [6.45, 7) is 5.67. The standard InChI is InChI=1S/C7H17BOS/c1-3-8(4-2)9-6-5-7-10/h10H,3-7H2,1-2H3. The van der Waals surface area contributed by atoms with Crippen LogP contribution in [0.2, 0.25) is 12.6 Å². The number of thiol groups is 1. The van der Waals surface area contributed by atoms with Gasteiger partial charge >= 0.3 is 0 Å². The minimum absolute atomic E-state index is 0.472. The first kappa shape index (κ1) is 10.4. The van der Waals surface area contributed by atoms with Crippen molar-refractivity contribution >= 4 is 19.5 Å². The number of hydrogen-bond donors (Lipinski definition) is 1. The first-order chi connectivity index (χ1) is 4.85. The largest absolute Gasteiger partial charge is 0.436 e. The van der Waals surface area contributed by atoms with E-state index in [2.05, 4.69) is 26.5 Å². The summed E-state index contributed by atoms with van der Waals surface area (Å²) in [5, 5.41) is 0. The Morgan fingerprint density at radius 2 is 1.90 bits per heavy atom. The van der Waals surface area contributed by atoms with E-state index in [1.54, 1.807) is 0 Å². The topological polar surface area (TPSA) is 9.23 Å². The van der Waals surface area contributed by atoms with Gasteiger partial charge in [0.15, 0.2) is 0 Å². The molecule has 10 heavy (non-hydrogen) atoms. The van der Waals surface area contributed by atoms with Crippen molar-refractivity contribution < 1.29 is 4.65 Å². The molecule has 0 atom stereocenters. The highest BCUT2D eigenvalue weighted by atomic mass is 32.1. The van der Waals surface area contributed by atoms with E-state index in [0.717, 1.165) is 31.4 Å². The Hall–Kier alpha value is 0.375. The second-order valence-corrected chi connectivity index (χ2v) is 2.83. The van der Waals surface area contributed by atoms with Gasteiger partial charge in [0, 0.05) is 6.61 Å². The second kappa shape index (κ2) is 7.48. The maximum absolute atomic E-state index is 5.53. The normalized spacial score (nSPS) is 9.90. The molecule has 0 rings (SSSR count). The maximum Gasteiger partial charge on any atom is 0.292 e. The molecule has 0 fully saturated rings. The molecule has 0 unspecified atom stereocenters. The van der Waals surface area contributed by atoms with E-state index in [4.69, 9.17) is 4.65 Å². The first-order valence-electron chi connectivity index (χ1n) is 4.07. The lowest BCUT2D eigenvalue weighted by molar-refractivity contribution is 0.320. The van der Waals surface area contributed by atoms with Crippen LogP contribution in [-0.2, 0) is 4.65 Å². The van der Waals surface area contributed by atoms with Gasteiger partial charge in [0.1, 0.15) is 0 Å². The Kier molecular flexibility index (Phi) is 7.76. The maximum atomic E-state index is 5.53. The number of rotatable bonds is 6. The summed E-state index contributed by atoms with van der Waals surface area (Å²) in [5.74, 6) is 0.931. The minimum atomic E-state index is 0.472. The monoisotopic (exact) mass is 160 g/mol. The summed E-state index contributed by atoms with van der Waals surface area (Å²) >= 11 is 4.10. The minimum Gasteiger partial charge on any atom is -0.436 e. The zero-order valence-corrected chi connectivity index (χ0v) is 7.86. The van der Waals surface area contributed by atoms with E-state index in [1.807, 2.05) is 0 Å². The SMILES string of the molecule is CCB(CC)OCCCS. The van der Waals surface area contributed by atoms with Crippen molar-refractivity contribution in [2.24, 2.45) is 0 Å². The lowest BCUT2D eigenvalue weighted by Crippen LogP contribution is -2.15. The highest BCUT2D eigenvalue weighted by molar-refractivity contribution is 7.80. The molecule has 0 bridgehead atoms. The molecular formula is C7H17BOS. The van der Waals surface area contributed by atoms with E-state index in [-0.39, 0.29) is 0 Å². The fraction of sp³-hybridized carbons (Fsp3) is 1.00. The Balaban J connectivity index is 3.09. The van der Waals surface area contributed by atoms with Gasteiger partial charge in [-0.2, -0.15) is 12.6 Å². The third-order valence-electron chi connectivity index (χ3n) is 1.57. The van der Waals surface area contributed by atoms with E-state index < -0.39 is 0 Å². The summed E-state index contributed by atoms with van der Waals surface area (Å²) < 4.78 is 5.53. The second-order valence-electron chi connectivity index (χ2n) is 2.39. The van der Waals surface area contributed by atoms with Crippen molar-refractivity contribution in [1.29, 1.82) is 0 Å². The number of hydrogen-bond acceptors (Lipinski definition) is 2. The molecule has 0 aliphatic rings. The van der Waals surface area contributed by atoms with Crippen molar-refractivity contribution in [2.75, 3.05) is 12.4 Å². The van der Waals surface area contributed by atoms with E-state index in [9.17, 15) is 0 Å². The Bertz CT molecular complexity index is 66.6. The quantitative estimate of drug-likeness (QED) is 0.356. The molecule has 0 aliphatic heterocycles. The highest BCUT2D eigenvalue weighted by Gasteiger charge is 2.07. The summed E-state index contributed by atoms with van der Waals surface area (Å²) in [7, 11) is 0. The van der Waals surface area contributed by atoms with E-state index >= 15 is 0 Å². The molecule has 0 amide bonds. The molecule has 0 saturated carbocycles. The predicted octanol–water partition coefficient (Wildman–Crippen LogP) is 2.35. The van der Waals surface area contributed by atoms with Crippen molar-refractivity contribution in [2.45, 2.75) is 32.9 Å². The lowest BCUT2D eigenvalue weighted by Gasteiger charge is -2.08. The Morgan fingerprint density at radius 1 is 1.30 bits per heavy atom. The summed E-state index contributed by atoms with van der Waals surface area (Å²) in [6, 6.07) is 0. The molecule has 1 nitrogen and oxygen atoms in total. The molecule has 0 aliphatic carbocycles. The molecular weight excluding hydrogens is 143 g/mol. The van der Waals surface area contributed by atoms with Gasteiger partial charge in [-0.1, -0.05) is 26.5 Å². The van der Waals surface area contributed by atoms with Gasteiger partial charge in [-0.25, -0.2) is 0 Å². The predicted molar refractivity (Wildman–Crippen MR) is 51.1 cm³/mol. The molecule has 3 heteroatoms. The van der Waals surface area contributed by atoms with Crippen molar-refractivity contribution in [3.63, 3.8) is 0 Å². The third-order valence-corrected chi connectivity index (χ3v) is 1.88. The van der Waals surface area contributed by atoms with Crippen LogP contribution in [0.15, 0.2) is 0 Å². The third kappa shape index (κ3) is 5.18. The molecule has 0 heterocycles. The molecule has 60 valence electrons. The summed E-state index contributed by atoms with van der Waals surface area (Å²) in [4.78, 5) is 0. The smallest absolute Gasteiger partial charge is 0.292 e. The van der Waals surface area contributed by atoms with Crippen LogP contribution in [-0.4, -0.2) is 19.3 Å². The lowest BCUT2D eigenvalue weighted by atomic mass is 9.63. The van der Waals surface area contributed by atoms with Crippen molar-refractivity contribution in [3.05, 3.63) is 0 Å². The molecule has 0 aromatic rings. The zero-order valence-electron chi connectivity index (χ0n) is 6.97. The Labute approximate surface area is 70.1 Å². The average Bonchev–Trinajstić information content (AvgIpc) is 1.99. The fourth-order valence-electron chi connectivity index (χ4n) is 0.839. The van der Waals surface area contributed by atoms with Gasteiger partial charge in [0.25, 0.3) is 6.92 Å². The highest BCUT2D eigenvalue weighted by Crippen LogP contribution is 2.00. The van der Waals surface area contributed by atoms with Gasteiger partial charge in [-0.05, 0) is 12.2 Å². The van der Waals surface area contributed by atoms with Gasteiger partial charge < -0.3 is 4.65 Å². The van der Waals surface area contributed by atoms with Gasteiger partial charge in [-0.3, -0.25) is 0 Å². The van der Waals surface area contributed by atoms with Crippen LogP contribution < -0.4 is 0 Å². The van der Waals surface area contributed by atoms with Crippen molar-refractivity contribution in [1.82, 2.24) is 0 Å². The molecule has 0 radical (unpaired) electrons. The van der Waals surface area contributed by atoms with Crippen molar-refractivity contribution in [3.8, 4) is 0 Å². The van der Waals surface area contributed by atoms with Crippen LogP contribution in [0, 0.1) is 0 Å². The van der Waals surface area contributed by atoms with Crippen LogP contribution >= 0.6 is 12.6 Å². The van der Waals surface area contributed by atoms with Gasteiger partial charge in [-0.15, -0.1) is 0 Å². The zero-order chi connectivity index (χ0) is 7.82. The first-order valence-corrected chi connectivity index (χ1v) is 4.70. The average molecular weight is 160 g/mol. The molecule has 0 spiro atoms. The summed E-state index contributed by atoms with van der Waals surface area (Å²) in [6.07, 6.45) is 3.33. The molecule has 0 aromatic heterocycles. The summed E-state index contributed by atoms with van der Waals surface area (Å²) in [5.41, 5.74) is 0. The van der Waals surface area contributed by atoms with Crippen LogP contribution in [0.4, 0.5) is 0 Å². The van der Waals surface area contributed by atoms with Gasteiger partial charge in [0.2, 0.25) is 0 Å². The van der Waals surface area contributed by atoms with Gasteiger partial charge in [0.05, 0.1) is 0 Å². The molecule has 0 aromatic carbocycles. The molecule has 0 N–H and O–H groups in total. The molecule has 0 saturated heterocycles. The van der Waals surface area contributed by atoms with Crippen LogP contribution in [0.1, 0.15) is 20.3 Å². The fourth-order valence-corrected chi connectivity index (χ4v) is 0.968. The van der Waals surface area contributed by atoms with Crippen LogP contribution in [0.3, 0.4) is 0 Å². The van der Waals surface area contributed by atoms with Crippen LogP contribution in [0.25, 0.3) is 0 Å². The van der Waals surface area contributed by atoms with E-state index in [1.165, 1.54) is 0 Å².